The van der Waals surface area contributed by atoms with Crippen LogP contribution in [-0.4, -0.2) is 16.9 Å². The smallest absolute Gasteiger partial charge is 0.147 e. The van der Waals surface area contributed by atoms with Gasteiger partial charge in [0.25, 0.3) is 0 Å². The van der Waals surface area contributed by atoms with Crippen LogP contribution in [0.1, 0.15) is 23.0 Å². The van der Waals surface area contributed by atoms with Crippen LogP contribution >= 0.6 is 0 Å². The van der Waals surface area contributed by atoms with Crippen LogP contribution in [0, 0.1) is 13.8 Å². The lowest BCUT2D eigenvalue weighted by molar-refractivity contribution is 0.414. The summed E-state index contributed by atoms with van der Waals surface area (Å²) in [6.45, 7) is 4.15. The van der Waals surface area contributed by atoms with E-state index in [1.807, 2.05) is 19.1 Å². The first-order valence-electron chi connectivity index (χ1n) is 7.73. The summed E-state index contributed by atoms with van der Waals surface area (Å²) in [5, 5.41) is 8.31. The molecule has 2 heterocycles. The normalized spacial score (nSPS) is 15.5. The van der Waals surface area contributed by atoms with Crippen molar-refractivity contribution in [2.24, 2.45) is 0 Å². The Balaban J connectivity index is 1.85. The van der Waals surface area contributed by atoms with Gasteiger partial charge in [-0.1, -0.05) is 23.8 Å². The van der Waals surface area contributed by atoms with Gasteiger partial charge in [-0.15, -0.1) is 0 Å². The second-order valence-electron chi connectivity index (χ2n) is 5.98. The van der Waals surface area contributed by atoms with E-state index < -0.39 is 0 Å². The number of nitrogens with one attached hydrogen (secondary N) is 1. The number of hydrogen-bond acceptors (Lipinski definition) is 3. The van der Waals surface area contributed by atoms with Gasteiger partial charge in [0.05, 0.1) is 18.5 Å². The molecule has 0 fully saturated rings. The van der Waals surface area contributed by atoms with Gasteiger partial charge in [-0.05, 0) is 49.7 Å². The zero-order valence-corrected chi connectivity index (χ0v) is 13.5. The fourth-order valence-corrected chi connectivity index (χ4v) is 3.13. The Hall–Kier alpha value is -2.75. The summed E-state index contributed by atoms with van der Waals surface area (Å²) in [6.07, 6.45) is -0.0141. The molecular weight excluding hydrogens is 286 g/mol. The molecule has 1 atom stereocenters. The Labute approximate surface area is 135 Å². The van der Waals surface area contributed by atoms with E-state index in [0.29, 0.717) is 0 Å². The maximum atomic E-state index is 5.26. The third-order valence-electron chi connectivity index (χ3n) is 4.28. The van der Waals surface area contributed by atoms with Gasteiger partial charge in [-0.2, -0.15) is 5.10 Å². The summed E-state index contributed by atoms with van der Waals surface area (Å²) < 4.78 is 7.33. The Morgan fingerprint density at radius 2 is 1.83 bits per heavy atom. The molecular formula is C19H19N3O. The summed E-state index contributed by atoms with van der Waals surface area (Å²) in [4.78, 5) is 0. The number of benzene rings is 2. The van der Waals surface area contributed by atoms with Gasteiger partial charge < -0.3 is 10.1 Å². The SMILES string of the molecule is COc1ccc(C2Nc3ccc(C)cc3-c3cc(C)nn32)cc1. The largest absolute Gasteiger partial charge is 0.497 e. The zero-order chi connectivity index (χ0) is 16.0. The molecule has 1 unspecified atom stereocenters. The van der Waals surface area contributed by atoms with E-state index in [-0.39, 0.29) is 6.17 Å². The van der Waals surface area contributed by atoms with Gasteiger partial charge in [0, 0.05) is 11.3 Å². The molecule has 0 saturated carbocycles. The Morgan fingerprint density at radius 1 is 1.04 bits per heavy atom. The minimum atomic E-state index is -0.0141. The molecule has 1 N–H and O–H groups in total. The molecule has 0 amide bonds. The lowest BCUT2D eigenvalue weighted by Gasteiger charge is -2.29. The molecule has 1 aromatic heterocycles. The van der Waals surface area contributed by atoms with Crippen molar-refractivity contribution in [1.29, 1.82) is 0 Å². The third kappa shape index (κ3) is 2.27. The minimum absolute atomic E-state index is 0.0141. The van der Waals surface area contributed by atoms with Crippen LogP contribution in [0.5, 0.6) is 5.75 Å². The number of aromatic nitrogens is 2. The van der Waals surface area contributed by atoms with E-state index in [9.17, 15) is 0 Å². The second kappa shape index (κ2) is 5.16. The average Bonchev–Trinajstić information content (AvgIpc) is 2.96. The van der Waals surface area contributed by atoms with E-state index in [2.05, 4.69) is 53.3 Å². The molecule has 0 saturated heterocycles. The van der Waals surface area contributed by atoms with Crippen molar-refractivity contribution >= 4 is 5.69 Å². The van der Waals surface area contributed by atoms with Crippen molar-refractivity contribution in [2.45, 2.75) is 20.0 Å². The van der Waals surface area contributed by atoms with Crippen molar-refractivity contribution < 1.29 is 4.74 Å². The molecule has 4 heteroatoms. The highest BCUT2D eigenvalue weighted by Gasteiger charge is 2.26. The van der Waals surface area contributed by atoms with Crippen LogP contribution in [0.4, 0.5) is 5.69 Å². The molecule has 2 aromatic carbocycles. The lowest BCUT2D eigenvalue weighted by Crippen LogP contribution is -2.25. The predicted molar refractivity (Wildman–Crippen MR) is 91.9 cm³/mol. The van der Waals surface area contributed by atoms with Gasteiger partial charge in [0.15, 0.2) is 0 Å². The molecule has 0 radical (unpaired) electrons. The summed E-state index contributed by atoms with van der Waals surface area (Å²) in [5.74, 6) is 0.859. The van der Waals surface area contributed by atoms with Crippen molar-refractivity contribution in [2.75, 3.05) is 12.4 Å². The molecule has 0 aliphatic carbocycles. The lowest BCUT2D eigenvalue weighted by atomic mass is 10.0. The van der Waals surface area contributed by atoms with Crippen molar-refractivity contribution in [3.05, 3.63) is 65.4 Å². The van der Waals surface area contributed by atoms with Gasteiger partial charge >= 0.3 is 0 Å². The Kier molecular flexibility index (Phi) is 3.11. The van der Waals surface area contributed by atoms with Crippen molar-refractivity contribution in [3.63, 3.8) is 0 Å². The monoisotopic (exact) mass is 305 g/mol. The van der Waals surface area contributed by atoms with Crippen LogP contribution in [0.15, 0.2) is 48.5 Å². The standard InChI is InChI=1S/C19H19N3O/c1-12-4-9-17-16(10-12)18-11-13(2)21-22(18)19(20-17)14-5-7-15(23-3)8-6-14/h4-11,19-20H,1-3H3. The molecule has 1 aliphatic heterocycles. The quantitative estimate of drug-likeness (QED) is 0.773. The van der Waals surface area contributed by atoms with Crippen LogP contribution < -0.4 is 10.1 Å². The fraction of sp³-hybridized carbons (Fsp3) is 0.211. The summed E-state index contributed by atoms with van der Waals surface area (Å²) in [5.41, 5.74) is 6.93. The summed E-state index contributed by atoms with van der Waals surface area (Å²) in [7, 11) is 1.68. The molecule has 0 bridgehead atoms. The molecule has 0 spiro atoms. The number of rotatable bonds is 2. The highest BCUT2D eigenvalue weighted by atomic mass is 16.5. The van der Waals surface area contributed by atoms with E-state index in [1.165, 1.54) is 11.1 Å². The number of fused-ring (bicyclic) bond motifs is 3. The average molecular weight is 305 g/mol. The fourth-order valence-electron chi connectivity index (χ4n) is 3.13. The number of methoxy groups -OCH3 is 1. The summed E-state index contributed by atoms with van der Waals surface area (Å²) >= 11 is 0. The number of aryl methyl sites for hydroxylation is 2. The van der Waals surface area contributed by atoms with Crippen LogP contribution in [0.2, 0.25) is 0 Å². The second-order valence-corrected chi connectivity index (χ2v) is 5.98. The van der Waals surface area contributed by atoms with Crippen molar-refractivity contribution in [3.8, 4) is 17.0 Å². The molecule has 23 heavy (non-hydrogen) atoms. The first kappa shape index (κ1) is 13.9. The first-order chi connectivity index (χ1) is 11.2. The topological polar surface area (TPSA) is 39.1 Å². The summed E-state index contributed by atoms with van der Waals surface area (Å²) in [6, 6.07) is 16.8. The molecule has 3 aromatic rings. The van der Waals surface area contributed by atoms with Gasteiger partial charge in [0.1, 0.15) is 11.9 Å². The third-order valence-corrected chi connectivity index (χ3v) is 4.28. The minimum Gasteiger partial charge on any atom is -0.497 e. The van der Waals surface area contributed by atoms with Gasteiger partial charge in [-0.25, -0.2) is 4.68 Å². The van der Waals surface area contributed by atoms with E-state index in [4.69, 9.17) is 9.84 Å². The van der Waals surface area contributed by atoms with Gasteiger partial charge in [0.2, 0.25) is 0 Å². The van der Waals surface area contributed by atoms with Crippen LogP contribution in [0.25, 0.3) is 11.3 Å². The maximum absolute atomic E-state index is 5.26. The number of hydrogen-bond donors (Lipinski definition) is 1. The van der Waals surface area contributed by atoms with Gasteiger partial charge in [-0.3, -0.25) is 0 Å². The molecule has 116 valence electrons. The van der Waals surface area contributed by atoms with Crippen molar-refractivity contribution in [1.82, 2.24) is 9.78 Å². The maximum Gasteiger partial charge on any atom is 0.147 e. The number of nitrogens with zero attached hydrogens (tertiary/aromatic N) is 2. The molecule has 4 nitrogen and oxygen atoms in total. The molecule has 4 rings (SSSR count). The number of anilines is 1. The zero-order valence-electron chi connectivity index (χ0n) is 13.5. The van der Waals surface area contributed by atoms with E-state index in [0.717, 1.165) is 28.4 Å². The van der Waals surface area contributed by atoms with Crippen LogP contribution in [0.3, 0.4) is 0 Å². The molecule has 1 aliphatic rings. The Bertz CT molecular complexity index is 865. The van der Waals surface area contributed by atoms with E-state index in [1.54, 1.807) is 7.11 Å². The highest BCUT2D eigenvalue weighted by Crippen LogP contribution is 2.39. The van der Waals surface area contributed by atoms with Crippen LogP contribution in [-0.2, 0) is 0 Å². The Morgan fingerprint density at radius 3 is 2.57 bits per heavy atom. The first-order valence-corrected chi connectivity index (χ1v) is 7.73. The number of ether oxygens (including phenoxy) is 1. The highest BCUT2D eigenvalue weighted by molar-refractivity contribution is 5.79. The predicted octanol–water partition coefficient (Wildman–Crippen LogP) is 4.15. The van der Waals surface area contributed by atoms with E-state index >= 15 is 0 Å².